The van der Waals surface area contributed by atoms with E-state index >= 15 is 0 Å². The van der Waals surface area contributed by atoms with E-state index in [4.69, 9.17) is 16.3 Å². The first-order valence-electron chi connectivity index (χ1n) is 12.3. The van der Waals surface area contributed by atoms with Gasteiger partial charge in [-0.2, -0.15) is 0 Å². The lowest BCUT2D eigenvalue weighted by atomic mass is 10.0. The maximum absolute atomic E-state index is 13.6. The molecule has 37 heavy (non-hydrogen) atoms. The molecule has 6 nitrogen and oxygen atoms in total. The number of hydrogen-bond acceptors (Lipinski definition) is 4. The van der Waals surface area contributed by atoms with Gasteiger partial charge in [-0.1, -0.05) is 66.2 Å². The zero-order valence-corrected chi connectivity index (χ0v) is 21.4. The quantitative estimate of drug-likeness (QED) is 0.248. The minimum Gasteiger partial charge on any atom is -0.495 e. The molecular weight excluding hydrogens is 486 g/mol. The lowest BCUT2D eigenvalue weighted by Gasteiger charge is -2.33. The highest BCUT2D eigenvalue weighted by Gasteiger charge is 2.30. The molecule has 188 valence electrons. The van der Waals surface area contributed by atoms with Gasteiger partial charge >= 0.3 is 0 Å². The normalized spacial score (nSPS) is 14.4. The Morgan fingerprint density at radius 3 is 2.43 bits per heavy atom. The summed E-state index contributed by atoms with van der Waals surface area (Å²) in [4.78, 5) is 31.0. The second kappa shape index (κ2) is 11.0. The van der Waals surface area contributed by atoms with Crippen LogP contribution in [0.25, 0.3) is 22.7 Å². The van der Waals surface area contributed by atoms with Gasteiger partial charge in [0.15, 0.2) is 0 Å². The Balaban J connectivity index is 1.32. The zero-order valence-electron chi connectivity index (χ0n) is 20.6. The first-order chi connectivity index (χ1) is 18.0. The monoisotopic (exact) mass is 513 g/mol. The van der Waals surface area contributed by atoms with E-state index in [2.05, 4.69) is 29.2 Å². The average Bonchev–Trinajstić information content (AvgIpc) is 3.33. The van der Waals surface area contributed by atoms with Crippen LogP contribution in [0.3, 0.4) is 0 Å². The number of nitrogens with zero attached hydrogens (tertiary/aromatic N) is 3. The second-order valence-electron chi connectivity index (χ2n) is 8.99. The number of methoxy groups -OCH3 is 1. The summed E-state index contributed by atoms with van der Waals surface area (Å²) in [6.45, 7) is 3.26. The predicted octanol–water partition coefficient (Wildman–Crippen LogP) is 5.31. The van der Waals surface area contributed by atoms with E-state index in [9.17, 15) is 9.59 Å². The molecule has 0 unspecified atom stereocenters. The molecule has 0 aliphatic carbocycles. The van der Waals surface area contributed by atoms with E-state index in [0.29, 0.717) is 48.2 Å². The van der Waals surface area contributed by atoms with Crippen molar-refractivity contribution in [3.8, 4) is 16.9 Å². The maximum Gasteiger partial charge on any atom is 0.296 e. The number of carbonyl (C=O) groups is 2. The first-order valence-corrected chi connectivity index (χ1v) is 12.6. The van der Waals surface area contributed by atoms with Crippen LogP contribution >= 0.6 is 11.6 Å². The van der Waals surface area contributed by atoms with E-state index in [1.807, 2.05) is 54.7 Å². The highest BCUT2D eigenvalue weighted by atomic mass is 35.5. The molecule has 2 aromatic heterocycles. The Morgan fingerprint density at radius 1 is 0.946 bits per heavy atom. The van der Waals surface area contributed by atoms with Crippen molar-refractivity contribution >= 4 is 34.9 Å². The van der Waals surface area contributed by atoms with Gasteiger partial charge in [0.05, 0.1) is 12.1 Å². The van der Waals surface area contributed by atoms with Gasteiger partial charge in [-0.25, -0.2) is 0 Å². The number of benzene rings is 2. The topological polar surface area (TPSA) is 54.3 Å². The minimum atomic E-state index is -0.523. The van der Waals surface area contributed by atoms with E-state index in [1.54, 1.807) is 28.5 Å². The lowest BCUT2D eigenvalue weighted by molar-refractivity contribution is -0.128. The van der Waals surface area contributed by atoms with Crippen LogP contribution in [0.4, 0.5) is 0 Å². The molecule has 0 bridgehead atoms. The largest absolute Gasteiger partial charge is 0.495 e. The number of ketones is 1. The minimum absolute atomic E-state index is 0.343. The molecule has 0 N–H and O–H groups in total. The molecule has 0 atom stereocenters. The number of fused-ring (bicyclic) bond motifs is 1. The number of pyridine rings is 1. The van der Waals surface area contributed by atoms with Crippen LogP contribution in [0, 0.1) is 0 Å². The van der Waals surface area contributed by atoms with Crippen molar-refractivity contribution in [2.75, 3.05) is 39.8 Å². The average molecular weight is 514 g/mol. The number of hydrogen-bond donors (Lipinski definition) is 0. The van der Waals surface area contributed by atoms with Gasteiger partial charge in [-0.15, -0.1) is 0 Å². The number of rotatable bonds is 7. The van der Waals surface area contributed by atoms with Crippen LogP contribution in [0.1, 0.15) is 16.1 Å². The molecule has 1 aliphatic rings. The van der Waals surface area contributed by atoms with Gasteiger partial charge in [0.1, 0.15) is 11.4 Å². The van der Waals surface area contributed by atoms with E-state index in [-0.39, 0.29) is 0 Å². The molecule has 0 spiro atoms. The molecule has 0 saturated carbocycles. The van der Waals surface area contributed by atoms with Gasteiger partial charge in [-0.3, -0.25) is 14.5 Å². The van der Waals surface area contributed by atoms with Gasteiger partial charge in [0.25, 0.3) is 11.7 Å². The van der Waals surface area contributed by atoms with Crippen molar-refractivity contribution in [3.63, 3.8) is 0 Å². The Bertz CT molecular complexity index is 1450. The molecule has 1 amide bonds. The summed E-state index contributed by atoms with van der Waals surface area (Å²) >= 11 is 6.38. The fraction of sp³-hybridized carbons (Fsp3) is 0.200. The number of Topliss-reactive ketones (excluding diaryl/α,β-unsaturated/α-hetero) is 1. The number of carbonyl (C=O) groups excluding carboxylic acids is 2. The van der Waals surface area contributed by atoms with Gasteiger partial charge in [-0.05, 0) is 41.5 Å². The zero-order chi connectivity index (χ0) is 25.8. The number of ether oxygens (including phenoxy) is 1. The summed E-state index contributed by atoms with van der Waals surface area (Å²) in [7, 11) is 1.56. The van der Waals surface area contributed by atoms with Crippen molar-refractivity contribution in [1.29, 1.82) is 0 Å². The summed E-state index contributed by atoms with van der Waals surface area (Å²) in [6.07, 6.45) is 6.05. The van der Waals surface area contributed by atoms with Crippen LogP contribution in [0.15, 0.2) is 85.1 Å². The molecule has 1 fully saturated rings. The molecule has 0 radical (unpaired) electrons. The summed E-state index contributed by atoms with van der Waals surface area (Å²) in [5.74, 6) is -0.454. The predicted molar refractivity (Wildman–Crippen MR) is 147 cm³/mol. The van der Waals surface area contributed by atoms with Crippen LogP contribution in [-0.4, -0.2) is 65.7 Å². The molecule has 4 aromatic rings. The first kappa shape index (κ1) is 24.8. The molecule has 5 rings (SSSR count). The van der Waals surface area contributed by atoms with Crippen LogP contribution in [0.5, 0.6) is 5.75 Å². The van der Waals surface area contributed by atoms with Crippen molar-refractivity contribution in [3.05, 3.63) is 101 Å². The highest BCUT2D eigenvalue weighted by Crippen LogP contribution is 2.34. The number of aromatic nitrogens is 1. The second-order valence-corrected chi connectivity index (χ2v) is 9.39. The number of halogens is 1. The van der Waals surface area contributed by atoms with Crippen LogP contribution in [-0.2, 0) is 4.79 Å². The lowest BCUT2D eigenvalue weighted by Crippen LogP contribution is -2.50. The fourth-order valence-corrected chi connectivity index (χ4v) is 4.95. The van der Waals surface area contributed by atoms with Gasteiger partial charge < -0.3 is 14.0 Å². The standard InChI is InChI=1S/C30H28ClN3O3/c1-37-27-13-12-23(20-26(27)31)25-21-24-11-5-6-15-34(24)28(25)29(35)30(36)33-18-16-32(17-19-33)14-7-10-22-8-3-2-4-9-22/h2-13,15,20-21H,14,16-19H2,1H3/b10-7+. The Labute approximate surface area is 221 Å². The molecule has 3 heterocycles. The molecule has 1 aliphatic heterocycles. The number of piperazine rings is 1. The van der Waals surface area contributed by atoms with Crippen molar-refractivity contribution in [1.82, 2.24) is 14.2 Å². The van der Waals surface area contributed by atoms with Crippen LogP contribution < -0.4 is 4.74 Å². The maximum atomic E-state index is 13.6. The third-order valence-electron chi connectivity index (χ3n) is 6.68. The van der Waals surface area contributed by atoms with Crippen molar-refractivity contribution < 1.29 is 14.3 Å². The molecule has 7 heteroatoms. The summed E-state index contributed by atoms with van der Waals surface area (Å²) in [5.41, 5.74) is 3.75. The third kappa shape index (κ3) is 5.31. The van der Waals surface area contributed by atoms with Crippen LogP contribution in [0.2, 0.25) is 5.02 Å². The fourth-order valence-electron chi connectivity index (χ4n) is 4.69. The molecular formula is C30H28ClN3O3. The Hall–Kier alpha value is -3.87. The Kier molecular flexibility index (Phi) is 7.40. The van der Waals surface area contributed by atoms with Gasteiger partial charge in [0, 0.05) is 50.0 Å². The Morgan fingerprint density at radius 2 is 1.70 bits per heavy atom. The van der Waals surface area contributed by atoms with E-state index in [1.165, 1.54) is 0 Å². The summed E-state index contributed by atoms with van der Waals surface area (Å²) < 4.78 is 7.05. The SMILES string of the molecule is COc1ccc(-c2cc3ccccn3c2C(=O)C(=O)N2CCN(C/C=C/c3ccccc3)CC2)cc1Cl. The van der Waals surface area contributed by atoms with E-state index in [0.717, 1.165) is 23.2 Å². The number of amides is 1. The van der Waals surface area contributed by atoms with Crippen molar-refractivity contribution in [2.45, 2.75) is 0 Å². The molecule has 1 saturated heterocycles. The van der Waals surface area contributed by atoms with E-state index < -0.39 is 11.7 Å². The van der Waals surface area contributed by atoms with Gasteiger partial charge in [0.2, 0.25) is 0 Å². The third-order valence-corrected chi connectivity index (χ3v) is 6.98. The summed E-state index contributed by atoms with van der Waals surface area (Å²) in [6, 6.07) is 23.1. The highest BCUT2D eigenvalue weighted by molar-refractivity contribution is 6.43. The van der Waals surface area contributed by atoms with Crippen molar-refractivity contribution in [2.24, 2.45) is 0 Å². The molecule has 2 aromatic carbocycles. The summed E-state index contributed by atoms with van der Waals surface area (Å²) in [5, 5.41) is 0.442. The smallest absolute Gasteiger partial charge is 0.296 e.